The van der Waals surface area contributed by atoms with Crippen molar-refractivity contribution < 1.29 is 9.53 Å². The summed E-state index contributed by atoms with van der Waals surface area (Å²) >= 11 is 0. The Bertz CT molecular complexity index is 248. The third kappa shape index (κ3) is 3.42. The quantitative estimate of drug-likeness (QED) is 0.740. The molecule has 0 aromatic heterocycles. The van der Waals surface area contributed by atoms with Crippen LogP contribution in [0.3, 0.4) is 0 Å². The van der Waals surface area contributed by atoms with Crippen LogP contribution < -0.4 is 5.73 Å². The van der Waals surface area contributed by atoms with Gasteiger partial charge in [0.05, 0.1) is 12.5 Å². The second-order valence-corrected chi connectivity index (χ2v) is 5.24. The first-order valence-corrected chi connectivity index (χ1v) is 6.65. The average molecular weight is 242 g/mol. The fraction of sp³-hybridized carbons (Fsp3) is 0.923. The number of esters is 1. The van der Waals surface area contributed by atoms with Crippen LogP contribution in [-0.4, -0.2) is 42.6 Å². The molecule has 1 rings (SSSR count). The molecule has 0 aromatic carbocycles. The molecule has 4 nitrogen and oxygen atoms in total. The van der Waals surface area contributed by atoms with Crippen LogP contribution in [0.15, 0.2) is 0 Å². The highest BCUT2D eigenvalue weighted by molar-refractivity contribution is 5.74. The normalized spacial score (nSPS) is 20.0. The highest BCUT2D eigenvalue weighted by Crippen LogP contribution is 2.28. The predicted octanol–water partition coefficient (Wildman–Crippen LogP) is 1.39. The number of likely N-dealkylation sites (tertiary alicyclic amines) is 1. The first-order chi connectivity index (χ1) is 8.04. The second-order valence-electron chi connectivity index (χ2n) is 5.24. The van der Waals surface area contributed by atoms with Crippen molar-refractivity contribution in [3.8, 4) is 0 Å². The SMILES string of the molecule is CCOC(=O)[C@H](CN)C(C)(C)N1CCCCC1. The van der Waals surface area contributed by atoms with E-state index in [4.69, 9.17) is 10.5 Å². The Morgan fingerprint density at radius 2 is 1.94 bits per heavy atom. The lowest BCUT2D eigenvalue weighted by atomic mass is 9.84. The molecule has 1 saturated heterocycles. The molecule has 1 aliphatic heterocycles. The molecule has 0 radical (unpaired) electrons. The van der Waals surface area contributed by atoms with Crippen molar-refractivity contribution in [3.05, 3.63) is 0 Å². The van der Waals surface area contributed by atoms with Crippen molar-refractivity contribution in [3.63, 3.8) is 0 Å². The van der Waals surface area contributed by atoms with Crippen LogP contribution in [0, 0.1) is 5.92 Å². The monoisotopic (exact) mass is 242 g/mol. The number of rotatable bonds is 5. The zero-order valence-electron chi connectivity index (χ0n) is 11.4. The molecule has 1 heterocycles. The Morgan fingerprint density at radius 3 is 2.41 bits per heavy atom. The van der Waals surface area contributed by atoms with Crippen molar-refractivity contribution in [1.29, 1.82) is 0 Å². The fourth-order valence-electron chi connectivity index (χ4n) is 2.61. The third-order valence-electron chi connectivity index (χ3n) is 3.83. The number of piperidine rings is 1. The maximum Gasteiger partial charge on any atom is 0.312 e. The maximum absolute atomic E-state index is 11.9. The van der Waals surface area contributed by atoms with Gasteiger partial charge in [-0.25, -0.2) is 0 Å². The molecule has 0 saturated carbocycles. The van der Waals surface area contributed by atoms with Gasteiger partial charge in [-0.15, -0.1) is 0 Å². The van der Waals surface area contributed by atoms with Gasteiger partial charge in [0, 0.05) is 12.1 Å². The Balaban J connectivity index is 2.72. The summed E-state index contributed by atoms with van der Waals surface area (Å²) < 4.78 is 5.13. The van der Waals surface area contributed by atoms with Gasteiger partial charge >= 0.3 is 5.97 Å². The Kier molecular flexibility index (Phi) is 5.40. The number of carbonyl (C=O) groups is 1. The van der Waals surface area contributed by atoms with Crippen LogP contribution in [-0.2, 0) is 9.53 Å². The number of nitrogens with two attached hydrogens (primary N) is 1. The smallest absolute Gasteiger partial charge is 0.312 e. The van der Waals surface area contributed by atoms with Crippen LogP contribution in [0.1, 0.15) is 40.0 Å². The van der Waals surface area contributed by atoms with E-state index >= 15 is 0 Å². The molecule has 2 N–H and O–H groups in total. The lowest BCUT2D eigenvalue weighted by Crippen LogP contribution is -2.56. The zero-order chi connectivity index (χ0) is 12.9. The van der Waals surface area contributed by atoms with Crippen LogP contribution in [0.4, 0.5) is 0 Å². The van der Waals surface area contributed by atoms with E-state index in [0.717, 1.165) is 13.1 Å². The number of ether oxygens (including phenoxy) is 1. The van der Waals surface area contributed by atoms with Crippen LogP contribution >= 0.6 is 0 Å². The molecule has 1 aliphatic rings. The van der Waals surface area contributed by atoms with E-state index in [2.05, 4.69) is 18.7 Å². The van der Waals surface area contributed by atoms with E-state index in [1.54, 1.807) is 0 Å². The molecule has 0 amide bonds. The minimum absolute atomic E-state index is 0.162. The summed E-state index contributed by atoms with van der Waals surface area (Å²) in [6.07, 6.45) is 3.71. The highest BCUT2D eigenvalue weighted by Gasteiger charge is 2.40. The standard InChI is InChI=1S/C13H26N2O2/c1-4-17-12(16)11(10-14)13(2,3)15-8-6-5-7-9-15/h11H,4-10,14H2,1-3H3/t11-/m0/s1. The van der Waals surface area contributed by atoms with Crippen LogP contribution in [0.5, 0.6) is 0 Å². The minimum atomic E-state index is -0.236. The van der Waals surface area contributed by atoms with E-state index in [1.807, 2.05) is 6.92 Å². The number of nitrogens with zero attached hydrogens (tertiary/aromatic N) is 1. The van der Waals surface area contributed by atoms with Gasteiger partial charge in [-0.3, -0.25) is 9.69 Å². The van der Waals surface area contributed by atoms with Crippen LogP contribution in [0.2, 0.25) is 0 Å². The Labute approximate surface area is 104 Å². The number of hydrogen-bond donors (Lipinski definition) is 1. The zero-order valence-corrected chi connectivity index (χ0v) is 11.4. The lowest BCUT2D eigenvalue weighted by Gasteiger charge is -2.44. The van der Waals surface area contributed by atoms with Gasteiger partial charge in [-0.05, 0) is 46.7 Å². The molecule has 0 aliphatic carbocycles. The van der Waals surface area contributed by atoms with Crippen molar-refractivity contribution in [1.82, 2.24) is 4.90 Å². The van der Waals surface area contributed by atoms with Gasteiger partial charge in [-0.1, -0.05) is 6.42 Å². The largest absolute Gasteiger partial charge is 0.466 e. The molecule has 0 unspecified atom stereocenters. The molecule has 0 spiro atoms. The molecule has 4 heteroatoms. The summed E-state index contributed by atoms with van der Waals surface area (Å²) in [6, 6.07) is 0. The lowest BCUT2D eigenvalue weighted by molar-refractivity contribution is -0.153. The molecule has 0 bridgehead atoms. The van der Waals surface area contributed by atoms with E-state index in [1.165, 1.54) is 19.3 Å². The van der Waals surface area contributed by atoms with E-state index in [-0.39, 0.29) is 17.4 Å². The van der Waals surface area contributed by atoms with Gasteiger partial charge in [0.15, 0.2) is 0 Å². The summed E-state index contributed by atoms with van der Waals surface area (Å²) in [7, 11) is 0. The molecule has 0 aromatic rings. The minimum Gasteiger partial charge on any atom is -0.466 e. The fourth-order valence-corrected chi connectivity index (χ4v) is 2.61. The molecule has 1 fully saturated rings. The number of hydrogen-bond acceptors (Lipinski definition) is 4. The van der Waals surface area contributed by atoms with Gasteiger partial charge in [0.1, 0.15) is 0 Å². The summed E-state index contributed by atoms with van der Waals surface area (Å²) in [5.74, 6) is -0.397. The molecule has 1 atom stereocenters. The third-order valence-corrected chi connectivity index (χ3v) is 3.83. The van der Waals surface area contributed by atoms with Gasteiger partial charge < -0.3 is 10.5 Å². The maximum atomic E-state index is 11.9. The molecular formula is C13H26N2O2. The van der Waals surface area contributed by atoms with Gasteiger partial charge in [0.2, 0.25) is 0 Å². The van der Waals surface area contributed by atoms with Crippen molar-refractivity contribution >= 4 is 5.97 Å². The summed E-state index contributed by atoms with van der Waals surface area (Å²) in [6.45, 7) is 8.93. The van der Waals surface area contributed by atoms with E-state index in [9.17, 15) is 4.79 Å². The molecule has 100 valence electrons. The second kappa shape index (κ2) is 6.36. The average Bonchev–Trinajstić information content (AvgIpc) is 2.31. The highest BCUT2D eigenvalue weighted by atomic mass is 16.5. The van der Waals surface area contributed by atoms with Gasteiger partial charge in [-0.2, -0.15) is 0 Å². The summed E-state index contributed by atoms with van der Waals surface area (Å²) in [5.41, 5.74) is 5.56. The summed E-state index contributed by atoms with van der Waals surface area (Å²) in [4.78, 5) is 14.3. The first kappa shape index (κ1) is 14.5. The first-order valence-electron chi connectivity index (χ1n) is 6.65. The number of carbonyl (C=O) groups excluding carboxylic acids is 1. The molecular weight excluding hydrogens is 216 g/mol. The van der Waals surface area contributed by atoms with Crippen molar-refractivity contribution in [2.24, 2.45) is 11.7 Å². The van der Waals surface area contributed by atoms with Gasteiger partial charge in [0.25, 0.3) is 0 Å². The Hall–Kier alpha value is -0.610. The van der Waals surface area contributed by atoms with Crippen LogP contribution in [0.25, 0.3) is 0 Å². The van der Waals surface area contributed by atoms with E-state index < -0.39 is 0 Å². The van der Waals surface area contributed by atoms with E-state index in [0.29, 0.717) is 13.2 Å². The topological polar surface area (TPSA) is 55.6 Å². The van der Waals surface area contributed by atoms with Crippen molar-refractivity contribution in [2.75, 3.05) is 26.2 Å². The predicted molar refractivity (Wildman–Crippen MR) is 68.7 cm³/mol. The Morgan fingerprint density at radius 1 is 1.35 bits per heavy atom. The summed E-state index contributed by atoms with van der Waals surface area (Å²) in [5, 5.41) is 0. The molecule has 17 heavy (non-hydrogen) atoms. The van der Waals surface area contributed by atoms with Crippen molar-refractivity contribution in [2.45, 2.75) is 45.6 Å².